The highest BCUT2D eigenvalue weighted by molar-refractivity contribution is 5.44. The first-order valence-electron chi connectivity index (χ1n) is 4.24. The molecule has 0 amide bonds. The van der Waals surface area contributed by atoms with Gasteiger partial charge in [0.25, 0.3) is 0 Å². The van der Waals surface area contributed by atoms with Gasteiger partial charge in [-0.2, -0.15) is 0 Å². The second kappa shape index (κ2) is 4.78. The highest BCUT2D eigenvalue weighted by Crippen LogP contribution is 2.07. The third kappa shape index (κ3) is 2.93. The van der Waals surface area contributed by atoms with Gasteiger partial charge in [0.1, 0.15) is 0 Å². The molecule has 0 saturated carbocycles. The van der Waals surface area contributed by atoms with E-state index in [0.717, 1.165) is 18.7 Å². The number of rotatable bonds is 4. The number of aliphatic hydroxyl groups excluding tert-OH is 1. The summed E-state index contributed by atoms with van der Waals surface area (Å²) in [4.78, 5) is 0. The van der Waals surface area contributed by atoms with E-state index in [-0.39, 0.29) is 6.61 Å². The Labute approximate surface area is 73.2 Å². The van der Waals surface area contributed by atoms with Gasteiger partial charge in [-0.3, -0.25) is 0 Å². The molecule has 2 heteroatoms. The molecule has 0 fully saturated rings. The molecular formula is C10H15NO. The van der Waals surface area contributed by atoms with Gasteiger partial charge in [0.05, 0.1) is 0 Å². The quantitative estimate of drug-likeness (QED) is 0.667. The molecule has 0 aliphatic carbocycles. The van der Waals surface area contributed by atoms with Crippen molar-refractivity contribution in [3.63, 3.8) is 0 Å². The maximum atomic E-state index is 8.55. The summed E-state index contributed by atoms with van der Waals surface area (Å²) in [7, 11) is 0. The molecule has 2 N–H and O–H groups in total. The molecule has 0 spiro atoms. The van der Waals surface area contributed by atoms with Crippen LogP contribution in [0.15, 0.2) is 24.3 Å². The molecule has 1 aromatic rings. The van der Waals surface area contributed by atoms with Crippen molar-refractivity contribution in [1.29, 1.82) is 0 Å². The Morgan fingerprint density at radius 3 is 2.50 bits per heavy atom. The molecule has 0 aliphatic rings. The SMILES string of the molecule is Cc1ccc(NCCCO)cc1. The minimum absolute atomic E-state index is 0.249. The summed E-state index contributed by atoms with van der Waals surface area (Å²) in [6, 6.07) is 8.24. The van der Waals surface area contributed by atoms with Crippen molar-refractivity contribution in [1.82, 2.24) is 0 Å². The fraction of sp³-hybridized carbons (Fsp3) is 0.400. The maximum absolute atomic E-state index is 8.55. The van der Waals surface area contributed by atoms with Crippen molar-refractivity contribution >= 4 is 5.69 Å². The van der Waals surface area contributed by atoms with Crippen LogP contribution in [-0.4, -0.2) is 18.3 Å². The molecule has 0 bridgehead atoms. The highest BCUT2D eigenvalue weighted by atomic mass is 16.3. The predicted molar refractivity (Wildman–Crippen MR) is 51.4 cm³/mol. The number of aryl methyl sites for hydroxylation is 1. The van der Waals surface area contributed by atoms with Crippen molar-refractivity contribution in [3.8, 4) is 0 Å². The number of hydrogen-bond donors (Lipinski definition) is 2. The Morgan fingerprint density at radius 2 is 1.92 bits per heavy atom. The Hall–Kier alpha value is -1.02. The van der Waals surface area contributed by atoms with Crippen molar-refractivity contribution in [2.24, 2.45) is 0 Å². The normalized spacial score (nSPS) is 9.83. The average molecular weight is 165 g/mol. The van der Waals surface area contributed by atoms with Crippen LogP contribution in [0.2, 0.25) is 0 Å². The lowest BCUT2D eigenvalue weighted by Crippen LogP contribution is -2.02. The van der Waals surface area contributed by atoms with Gasteiger partial charge in [-0.15, -0.1) is 0 Å². The topological polar surface area (TPSA) is 32.3 Å². The van der Waals surface area contributed by atoms with Crippen molar-refractivity contribution in [2.45, 2.75) is 13.3 Å². The molecular weight excluding hydrogens is 150 g/mol. The molecule has 1 aromatic carbocycles. The number of hydrogen-bond acceptors (Lipinski definition) is 2. The molecule has 0 heterocycles. The number of aliphatic hydroxyl groups is 1. The molecule has 0 aromatic heterocycles. The average Bonchev–Trinajstić information content (AvgIpc) is 2.09. The minimum atomic E-state index is 0.249. The smallest absolute Gasteiger partial charge is 0.0447 e. The van der Waals surface area contributed by atoms with Crippen LogP contribution in [0.3, 0.4) is 0 Å². The number of nitrogens with one attached hydrogen (secondary N) is 1. The highest BCUT2D eigenvalue weighted by Gasteiger charge is 1.89. The van der Waals surface area contributed by atoms with Crippen LogP contribution < -0.4 is 5.32 Å². The summed E-state index contributed by atoms with van der Waals surface area (Å²) in [5.74, 6) is 0. The van der Waals surface area contributed by atoms with E-state index >= 15 is 0 Å². The second-order valence-corrected chi connectivity index (χ2v) is 2.87. The Morgan fingerprint density at radius 1 is 1.25 bits per heavy atom. The number of anilines is 1. The van der Waals surface area contributed by atoms with Gasteiger partial charge in [0.15, 0.2) is 0 Å². The van der Waals surface area contributed by atoms with E-state index in [0.29, 0.717) is 0 Å². The van der Waals surface area contributed by atoms with Gasteiger partial charge in [-0.25, -0.2) is 0 Å². The van der Waals surface area contributed by atoms with Crippen molar-refractivity contribution < 1.29 is 5.11 Å². The fourth-order valence-electron chi connectivity index (χ4n) is 0.983. The van der Waals surface area contributed by atoms with Crippen molar-refractivity contribution in [2.75, 3.05) is 18.5 Å². The van der Waals surface area contributed by atoms with E-state index in [1.807, 2.05) is 12.1 Å². The first-order chi connectivity index (χ1) is 5.83. The summed E-state index contributed by atoms with van der Waals surface area (Å²) in [6.07, 6.45) is 0.799. The molecule has 0 unspecified atom stereocenters. The van der Waals surface area contributed by atoms with Crippen LogP contribution in [0.25, 0.3) is 0 Å². The van der Waals surface area contributed by atoms with Crippen LogP contribution in [0.4, 0.5) is 5.69 Å². The van der Waals surface area contributed by atoms with Gasteiger partial charge in [0, 0.05) is 18.8 Å². The zero-order valence-corrected chi connectivity index (χ0v) is 7.38. The lowest BCUT2D eigenvalue weighted by atomic mass is 10.2. The Kier molecular flexibility index (Phi) is 3.61. The van der Waals surface area contributed by atoms with Crippen LogP contribution in [0, 0.1) is 6.92 Å². The third-order valence-electron chi connectivity index (χ3n) is 1.72. The first kappa shape index (κ1) is 9.07. The van der Waals surface area contributed by atoms with E-state index in [1.165, 1.54) is 5.56 Å². The molecule has 66 valence electrons. The van der Waals surface area contributed by atoms with Gasteiger partial charge in [-0.1, -0.05) is 17.7 Å². The standard InChI is InChI=1S/C10H15NO/c1-9-3-5-10(6-4-9)11-7-2-8-12/h3-6,11-12H,2,7-8H2,1H3. The molecule has 0 aliphatic heterocycles. The molecule has 0 saturated heterocycles. The van der Waals surface area contributed by atoms with E-state index in [1.54, 1.807) is 0 Å². The summed E-state index contributed by atoms with van der Waals surface area (Å²) in [5.41, 5.74) is 2.39. The van der Waals surface area contributed by atoms with E-state index < -0.39 is 0 Å². The number of benzene rings is 1. The van der Waals surface area contributed by atoms with Crippen molar-refractivity contribution in [3.05, 3.63) is 29.8 Å². The van der Waals surface area contributed by atoms with Crippen LogP contribution in [0.5, 0.6) is 0 Å². The maximum Gasteiger partial charge on any atom is 0.0447 e. The third-order valence-corrected chi connectivity index (χ3v) is 1.72. The molecule has 2 nitrogen and oxygen atoms in total. The minimum Gasteiger partial charge on any atom is -0.396 e. The Bertz CT molecular complexity index is 218. The lowest BCUT2D eigenvalue weighted by Gasteiger charge is -2.04. The Balaban J connectivity index is 2.37. The second-order valence-electron chi connectivity index (χ2n) is 2.87. The zero-order chi connectivity index (χ0) is 8.81. The first-order valence-corrected chi connectivity index (χ1v) is 4.24. The summed E-state index contributed by atoms with van der Waals surface area (Å²) in [6.45, 7) is 3.15. The summed E-state index contributed by atoms with van der Waals surface area (Å²) in [5, 5.41) is 11.8. The summed E-state index contributed by atoms with van der Waals surface area (Å²) >= 11 is 0. The van der Waals surface area contributed by atoms with E-state index in [2.05, 4.69) is 24.4 Å². The lowest BCUT2D eigenvalue weighted by molar-refractivity contribution is 0.292. The van der Waals surface area contributed by atoms with Gasteiger partial charge >= 0.3 is 0 Å². The fourth-order valence-corrected chi connectivity index (χ4v) is 0.983. The van der Waals surface area contributed by atoms with E-state index in [4.69, 9.17) is 5.11 Å². The van der Waals surface area contributed by atoms with Crippen LogP contribution in [-0.2, 0) is 0 Å². The molecule has 12 heavy (non-hydrogen) atoms. The summed E-state index contributed by atoms with van der Waals surface area (Å²) < 4.78 is 0. The zero-order valence-electron chi connectivity index (χ0n) is 7.38. The van der Waals surface area contributed by atoms with Gasteiger partial charge in [-0.05, 0) is 25.5 Å². The molecule has 0 atom stereocenters. The van der Waals surface area contributed by atoms with Crippen LogP contribution in [0.1, 0.15) is 12.0 Å². The van der Waals surface area contributed by atoms with Gasteiger partial charge < -0.3 is 10.4 Å². The molecule has 0 radical (unpaired) electrons. The van der Waals surface area contributed by atoms with Gasteiger partial charge in [0.2, 0.25) is 0 Å². The largest absolute Gasteiger partial charge is 0.396 e. The monoisotopic (exact) mass is 165 g/mol. The molecule has 1 rings (SSSR count). The van der Waals surface area contributed by atoms with Crippen LogP contribution >= 0.6 is 0 Å². The predicted octanol–water partition coefficient (Wildman–Crippen LogP) is 1.79. The van der Waals surface area contributed by atoms with E-state index in [9.17, 15) is 0 Å².